The Hall–Kier alpha value is -1.76. The highest BCUT2D eigenvalue weighted by Gasteiger charge is 2.26. The highest BCUT2D eigenvalue weighted by molar-refractivity contribution is 9.10. The second-order valence-electron chi connectivity index (χ2n) is 7.47. The van der Waals surface area contributed by atoms with E-state index in [0.29, 0.717) is 28.3 Å². The van der Waals surface area contributed by atoms with Crippen LogP contribution in [0.15, 0.2) is 40.9 Å². The largest absolute Gasteiger partial charge is 0.483 e. The van der Waals surface area contributed by atoms with E-state index in [4.69, 9.17) is 27.9 Å². The molecule has 0 aliphatic rings. The third-order valence-corrected chi connectivity index (χ3v) is 6.19. The Morgan fingerprint density at radius 1 is 1.10 bits per heavy atom. The third kappa shape index (κ3) is 7.13. The SMILES string of the molecule is CCNC(=O)[C@H](C)N(Cc1ccc(Cl)c(Cl)c1)C(=O)COc1ccc(C(C)C)cc1Br. The number of nitrogens with one attached hydrogen (secondary N) is 1. The van der Waals surface area contributed by atoms with Crippen LogP contribution in [0, 0.1) is 0 Å². The number of hydrogen-bond donors (Lipinski definition) is 1. The molecule has 5 nitrogen and oxygen atoms in total. The molecule has 2 aromatic rings. The Morgan fingerprint density at radius 3 is 2.39 bits per heavy atom. The second-order valence-corrected chi connectivity index (χ2v) is 9.14. The highest BCUT2D eigenvalue weighted by atomic mass is 79.9. The summed E-state index contributed by atoms with van der Waals surface area (Å²) in [6.07, 6.45) is 0. The Kier molecular flexibility index (Phi) is 9.66. The number of ether oxygens (including phenoxy) is 1. The van der Waals surface area contributed by atoms with Gasteiger partial charge in [0.2, 0.25) is 5.91 Å². The molecule has 0 aliphatic heterocycles. The van der Waals surface area contributed by atoms with Crippen molar-refractivity contribution in [2.75, 3.05) is 13.2 Å². The number of halogens is 3. The Bertz CT molecular complexity index is 937. The van der Waals surface area contributed by atoms with Crippen molar-refractivity contribution in [2.24, 2.45) is 0 Å². The predicted molar refractivity (Wildman–Crippen MR) is 129 cm³/mol. The first-order valence-electron chi connectivity index (χ1n) is 10.1. The van der Waals surface area contributed by atoms with Gasteiger partial charge in [0.15, 0.2) is 6.61 Å². The number of hydrogen-bond acceptors (Lipinski definition) is 3. The topological polar surface area (TPSA) is 58.6 Å². The molecule has 0 fully saturated rings. The van der Waals surface area contributed by atoms with Gasteiger partial charge in [-0.3, -0.25) is 9.59 Å². The van der Waals surface area contributed by atoms with Gasteiger partial charge >= 0.3 is 0 Å². The maximum atomic E-state index is 13.1. The summed E-state index contributed by atoms with van der Waals surface area (Å²) < 4.78 is 6.54. The van der Waals surface area contributed by atoms with Crippen LogP contribution in [0.5, 0.6) is 5.75 Å². The summed E-state index contributed by atoms with van der Waals surface area (Å²) in [5.41, 5.74) is 1.93. The smallest absolute Gasteiger partial charge is 0.261 e. The van der Waals surface area contributed by atoms with Crippen LogP contribution in [0.25, 0.3) is 0 Å². The van der Waals surface area contributed by atoms with Gasteiger partial charge in [0, 0.05) is 13.1 Å². The zero-order valence-corrected chi connectivity index (χ0v) is 21.1. The molecule has 0 saturated heterocycles. The van der Waals surface area contributed by atoms with Gasteiger partial charge in [-0.1, -0.05) is 49.2 Å². The molecule has 0 unspecified atom stereocenters. The Labute approximate surface area is 202 Å². The Balaban J connectivity index is 2.19. The molecule has 8 heteroatoms. The van der Waals surface area contributed by atoms with Crippen LogP contribution in [0.1, 0.15) is 44.7 Å². The molecule has 0 aromatic heterocycles. The molecular formula is C23H27BrCl2N2O3. The van der Waals surface area contributed by atoms with Gasteiger partial charge in [0.25, 0.3) is 5.91 Å². The predicted octanol–water partition coefficient (Wildman–Crippen LogP) is 5.81. The minimum Gasteiger partial charge on any atom is -0.483 e. The number of nitrogens with zero attached hydrogens (tertiary/aromatic N) is 1. The van der Waals surface area contributed by atoms with Crippen molar-refractivity contribution >= 4 is 50.9 Å². The fourth-order valence-electron chi connectivity index (χ4n) is 2.95. The molecule has 2 rings (SSSR count). The van der Waals surface area contributed by atoms with Crippen LogP contribution in [-0.2, 0) is 16.1 Å². The number of benzene rings is 2. The van der Waals surface area contributed by atoms with E-state index in [1.54, 1.807) is 25.1 Å². The molecule has 0 radical (unpaired) electrons. The molecule has 0 bridgehead atoms. The first-order chi connectivity index (χ1) is 14.6. The lowest BCUT2D eigenvalue weighted by atomic mass is 10.0. The third-order valence-electron chi connectivity index (χ3n) is 4.83. The van der Waals surface area contributed by atoms with Crippen molar-refractivity contribution in [3.63, 3.8) is 0 Å². The summed E-state index contributed by atoms with van der Waals surface area (Å²) in [7, 11) is 0. The maximum absolute atomic E-state index is 13.1. The number of carbonyl (C=O) groups is 2. The zero-order valence-electron chi connectivity index (χ0n) is 18.0. The monoisotopic (exact) mass is 528 g/mol. The molecule has 0 aliphatic carbocycles. The second kappa shape index (κ2) is 11.7. The van der Waals surface area contributed by atoms with Gasteiger partial charge in [-0.15, -0.1) is 0 Å². The van der Waals surface area contributed by atoms with Crippen LogP contribution in [0.2, 0.25) is 10.0 Å². The maximum Gasteiger partial charge on any atom is 0.261 e. The highest BCUT2D eigenvalue weighted by Crippen LogP contribution is 2.29. The average molecular weight is 530 g/mol. The van der Waals surface area contributed by atoms with E-state index in [2.05, 4.69) is 35.1 Å². The van der Waals surface area contributed by atoms with Gasteiger partial charge in [0.1, 0.15) is 11.8 Å². The summed E-state index contributed by atoms with van der Waals surface area (Å²) in [5, 5.41) is 3.58. The summed E-state index contributed by atoms with van der Waals surface area (Å²) in [6.45, 7) is 8.20. The molecule has 31 heavy (non-hydrogen) atoms. The average Bonchev–Trinajstić information content (AvgIpc) is 2.72. The molecule has 0 spiro atoms. The van der Waals surface area contributed by atoms with Crippen molar-refractivity contribution in [1.29, 1.82) is 0 Å². The van der Waals surface area contributed by atoms with Gasteiger partial charge in [-0.25, -0.2) is 0 Å². The van der Waals surface area contributed by atoms with Crippen molar-refractivity contribution in [2.45, 2.75) is 46.2 Å². The lowest BCUT2D eigenvalue weighted by molar-refractivity contribution is -0.142. The summed E-state index contributed by atoms with van der Waals surface area (Å²) >= 11 is 15.6. The Morgan fingerprint density at radius 2 is 1.81 bits per heavy atom. The first-order valence-corrected chi connectivity index (χ1v) is 11.6. The quantitative estimate of drug-likeness (QED) is 0.445. The van der Waals surface area contributed by atoms with Crippen LogP contribution in [0.3, 0.4) is 0 Å². The lowest BCUT2D eigenvalue weighted by Gasteiger charge is -2.28. The molecule has 0 saturated carbocycles. The lowest BCUT2D eigenvalue weighted by Crippen LogP contribution is -2.49. The summed E-state index contributed by atoms with van der Waals surface area (Å²) in [5.74, 6) is 0.396. The molecule has 1 atom stereocenters. The van der Waals surface area contributed by atoms with Gasteiger partial charge < -0.3 is 15.0 Å². The number of likely N-dealkylation sites (N-methyl/N-ethyl adjacent to an activating group) is 1. The number of carbonyl (C=O) groups excluding carboxylic acids is 2. The molecule has 2 aromatic carbocycles. The van der Waals surface area contributed by atoms with Crippen LogP contribution in [-0.4, -0.2) is 35.9 Å². The van der Waals surface area contributed by atoms with E-state index in [0.717, 1.165) is 15.6 Å². The zero-order chi connectivity index (χ0) is 23.1. The minimum absolute atomic E-state index is 0.199. The standard InChI is InChI=1S/C23H27BrCl2N2O3/c1-5-27-23(30)15(4)28(12-16-6-8-19(25)20(26)10-16)22(29)13-31-21-9-7-17(14(2)3)11-18(21)24/h6-11,14-15H,5,12-13H2,1-4H3,(H,27,30)/t15-/m0/s1. The van der Waals surface area contributed by atoms with Crippen LogP contribution >= 0.6 is 39.1 Å². The fourth-order valence-corrected chi connectivity index (χ4v) is 3.79. The van der Waals surface area contributed by atoms with Gasteiger partial charge in [-0.05, 0) is 71.1 Å². The van der Waals surface area contributed by atoms with Crippen molar-refractivity contribution in [1.82, 2.24) is 10.2 Å². The van der Waals surface area contributed by atoms with Crippen LogP contribution < -0.4 is 10.1 Å². The summed E-state index contributed by atoms with van der Waals surface area (Å²) in [4.78, 5) is 27.0. The molecule has 1 N–H and O–H groups in total. The molecular weight excluding hydrogens is 503 g/mol. The van der Waals surface area contributed by atoms with Crippen molar-refractivity contribution in [3.05, 3.63) is 62.0 Å². The normalized spacial score (nSPS) is 11.9. The van der Waals surface area contributed by atoms with E-state index in [1.165, 1.54) is 4.90 Å². The van der Waals surface area contributed by atoms with Crippen molar-refractivity contribution in [3.8, 4) is 5.75 Å². The van der Waals surface area contributed by atoms with E-state index in [9.17, 15) is 9.59 Å². The van der Waals surface area contributed by atoms with E-state index in [-0.39, 0.29) is 25.0 Å². The first kappa shape index (κ1) is 25.5. The van der Waals surface area contributed by atoms with Gasteiger partial charge in [0.05, 0.1) is 14.5 Å². The number of amides is 2. The fraction of sp³-hybridized carbons (Fsp3) is 0.391. The van der Waals surface area contributed by atoms with Crippen LogP contribution in [0.4, 0.5) is 0 Å². The number of rotatable bonds is 9. The van der Waals surface area contributed by atoms with E-state index in [1.807, 2.05) is 25.1 Å². The van der Waals surface area contributed by atoms with E-state index >= 15 is 0 Å². The summed E-state index contributed by atoms with van der Waals surface area (Å²) in [6, 6.07) is 10.2. The molecule has 0 heterocycles. The molecule has 168 valence electrons. The minimum atomic E-state index is -0.683. The van der Waals surface area contributed by atoms with E-state index < -0.39 is 6.04 Å². The van der Waals surface area contributed by atoms with Crippen molar-refractivity contribution < 1.29 is 14.3 Å². The molecule has 2 amide bonds. The van der Waals surface area contributed by atoms with Gasteiger partial charge in [-0.2, -0.15) is 0 Å².